The van der Waals surface area contributed by atoms with Crippen LogP contribution in [-0.4, -0.2) is 140 Å². The van der Waals surface area contributed by atoms with Gasteiger partial charge in [-0.3, -0.25) is 19.2 Å². The van der Waals surface area contributed by atoms with E-state index in [1.54, 1.807) is 47.7 Å². The first-order valence-electron chi connectivity index (χ1n) is 23.4. The van der Waals surface area contributed by atoms with Crippen LogP contribution in [0.3, 0.4) is 0 Å². The summed E-state index contributed by atoms with van der Waals surface area (Å²) >= 11 is 0. The monoisotopic (exact) mass is 902 g/mol. The summed E-state index contributed by atoms with van der Waals surface area (Å²) in [6.45, 7) is 20.8. The molecule has 3 fully saturated rings. The van der Waals surface area contributed by atoms with E-state index in [2.05, 4.69) is 22.1 Å². The second-order valence-electron chi connectivity index (χ2n) is 20.3. The number of benzene rings is 1. The van der Waals surface area contributed by atoms with Gasteiger partial charge >= 0.3 is 5.97 Å². The summed E-state index contributed by atoms with van der Waals surface area (Å²) in [5, 5.41) is 51.3. The van der Waals surface area contributed by atoms with Gasteiger partial charge in [-0.15, -0.1) is 0 Å². The fourth-order valence-electron chi connectivity index (χ4n) is 10.6. The van der Waals surface area contributed by atoms with Gasteiger partial charge in [0.1, 0.15) is 29.7 Å². The molecule has 64 heavy (non-hydrogen) atoms. The first-order chi connectivity index (χ1) is 29.9. The van der Waals surface area contributed by atoms with Crippen LogP contribution in [0.4, 0.5) is 0 Å². The van der Waals surface area contributed by atoms with E-state index in [4.69, 9.17) is 28.4 Å². The number of esters is 1. The molecule has 3 aliphatic rings. The van der Waals surface area contributed by atoms with Crippen LogP contribution in [0.15, 0.2) is 42.6 Å². The molecule has 0 spiro atoms. The highest BCUT2D eigenvalue weighted by Gasteiger charge is 2.53. The maximum Gasteiger partial charge on any atom is 0.311 e. The summed E-state index contributed by atoms with van der Waals surface area (Å²) in [6, 6.07) is 11.9. The number of likely N-dealkylation sites (N-methyl/N-ethyl adjacent to an activating group) is 1. The number of cyclic esters (lactones) is 1. The lowest BCUT2D eigenvalue weighted by Gasteiger charge is -2.49. The van der Waals surface area contributed by atoms with Gasteiger partial charge in [-0.1, -0.05) is 71.9 Å². The van der Waals surface area contributed by atoms with Gasteiger partial charge in [0.2, 0.25) is 0 Å². The average molecular weight is 902 g/mol. The molecule has 15 nitrogen and oxygen atoms in total. The molecule has 1 aromatic carbocycles. The summed E-state index contributed by atoms with van der Waals surface area (Å²) in [5.74, 6) is -4.19. The second kappa shape index (κ2) is 21.4. The molecule has 2 aromatic rings. The fraction of sp³-hybridized carbons (Fsp3) is 0.776. The van der Waals surface area contributed by atoms with Crippen LogP contribution in [0.1, 0.15) is 113 Å². The number of aryl methyl sites for hydroxylation is 2. The summed E-state index contributed by atoms with van der Waals surface area (Å²) in [4.78, 5) is 30.7. The van der Waals surface area contributed by atoms with E-state index < -0.39 is 102 Å². The Hall–Kier alpha value is -2.83. The van der Waals surface area contributed by atoms with Gasteiger partial charge in [-0.2, -0.15) is 5.10 Å². The van der Waals surface area contributed by atoms with E-state index in [9.17, 15) is 30.0 Å². The topological polar surface area (TPSA) is 191 Å². The molecule has 15 heteroatoms. The van der Waals surface area contributed by atoms with Crippen molar-refractivity contribution in [3.8, 4) is 0 Å². The maximum atomic E-state index is 14.4. The van der Waals surface area contributed by atoms with Gasteiger partial charge in [0.15, 0.2) is 12.6 Å². The van der Waals surface area contributed by atoms with E-state index in [1.807, 2.05) is 63.7 Å². The van der Waals surface area contributed by atoms with Gasteiger partial charge in [0.25, 0.3) is 0 Å². The highest BCUT2D eigenvalue weighted by molar-refractivity contribution is 5.83. The first kappa shape index (κ1) is 52.1. The van der Waals surface area contributed by atoms with Crippen LogP contribution in [0, 0.1) is 29.1 Å². The molecule has 3 aliphatic heterocycles. The minimum absolute atomic E-state index is 0.137. The van der Waals surface area contributed by atoms with Crippen molar-refractivity contribution in [2.24, 2.45) is 29.1 Å². The van der Waals surface area contributed by atoms with Crippen LogP contribution < -0.4 is 0 Å². The summed E-state index contributed by atoms with van der Waals surface area (Å²) in [5.41, 5.74) is -1.61. The van der Waals surface area contributed by atoms with Crippen molar-refractivity contribution in [1.29, 1.82) is 0 Å². The number of aliphatic hydroxyl groups excluding tert-OH is 3. The number of aromatic nitrogens is 2. The largest absolute Gasteiger partial charge is 0.459 e. The van der Waals surface area contributed by atoms with E-state index in [1.165, 1.54) is 19.6 Å². The zero-order chi connectivity index (χ0) is 47.5. The molecular weight excluding hydrogens is 823 g/mol. The van der Waals surface area contributed by atoms with Gasteiger partial charge in [-0.05, 0) is 84.4 Å². The molecule has 4 heterocycles. The Morgan fingerprint density at radius 2 is 1.58 bits per heavy atom. The quantitative estimate of drug-likeness (QED) is 0.207. The Bertz CT molecular complexity index is 1810. The molecule has 4 N–H and O–H groups in total. The number of ether oxygens (including phenoxy) is 6. The smallest absolute Gasteiger partial charge is 0.311 e. The molecule has 0 amide bonds. The van der Waals surface area contributed by atoms with Crippen LogP contribution in [0.25, 0.3) is 0 Å². The standard InChI is InChI=1S/C49H79N3O12/c1-14-37-49(11,58)42(55)30(4)39(53)28(2)25-47(8,9)44(31(5)41(32(6)45(57)62-37)63-38-26-48(10,59-13)43(56)33(7)61-38)64-46-40(54)36(24-29(3)60-46)51(12)27-35-20-22-50-52(35)23-21-34-18-16-15-17-19-34/h15-20,22,28-33,36-38,40-44,46,54-56,58H,14,21,23-27H2,1-13H3/t28-,29-,30+,31+,32-,33+,36+,37-,38+,40-,41+,42-,43+,44-,46+,48-,49-/m1/s1. The Morgan fingerprint density at radius 3 is 2.22 bits per heavy atom. The molecule has 1 aromatic heterocycles. The number of aliphatic hydroxyl groups is 4. The van der Waals surface area contributed by atoms with E-state index in [-0.39, 0.29) is 37.2 Å². The predicted octanol–water partition coefficient (Wildman–Crippen LogP) is 5.07. The molecular formula is C49H79N3O12. The fourth-order valence-corrected chi connectivity index (χ4v) is 10.6. The van der Waals surface area contributed by atoms with Gasteiger partial charge in [0, 0.05) is 56.6 Å². The number of methoxy groups -OCH3 is 1. The minimum atomic E-state index is -1.96. The van der Waals surface area contributed by atoms with Crippen molar-refractivity contribution in [3.63, 3.8) is 0 Å². The third kappa shape index (κ3) is 11.6. The zero-order valence-electron chi connectivity index (χ0n) is 40.5. The lowest BCUT2D eigenvalue weighted by atomic mass is 9.69. The molecule has 0 saturated carbocycles. The molecule has 0 aliphatic carbocycles. The third-order valence-electron chi connectivity index (χ3n) is 14.7. The van der Waals surface area contributed by atoms with E-state index in [0.717, 1.165) is 12.1 Å². The molecule has 0 unspecified atom stereocenters. The van der Waals surface area contributed by atoms with Gasteiger partial charge in [0.05, 0.1) is 47.7 Å². The number of carbonyl (C=O) groups is 2. The van der Waals surface area contributed by atoms with E-state index in [0.29, 0.717) is 19.5 Å². The predicted molar refractivity (Wildman–Crippen MR) is 240 cm³/mol. The van der Waals surface area contributed by atoms with Crippen molar-refractivity contribution >= 4 is 11.8 Å². The number of hydrogen-bond acceptors (Lipinski definition) is 14. The molecule has 17 atom stereocenters. The first-order valence-corrected chi connectivity index (χ1v) is 23.4. The molecule has 0 bridgehead atoms. The molecule has 5 rings (SSSR count). The van der Waals surface area contributed by atoms with Gasteiger partial charge in [-0.25, -0.2) is 0 Å². The number of rotatable bonds is 12. The highest BCUT2D eigenvalue weighted by atomic mass is 16.7. The van der Waals surface area contributed by atoms with Gasteiger partial charge < -0.3 is 48.8 Å². The van der Waals surface area contributed by atoms with E-state index >= 15 is 0 Å². The Kier molecular flexibility index (Phi) is 17.5. The number of hydrogen-bond donors (Lipinski definition) is 4. The Morgan fingerprint density at radius 1 is 0.906 bits per heavy atom. The van der Waals surface area contributed by atoms with Crippen LogP contribution in [0.2, 0.25) is 0 Å². The molecule has 0 radical (unpaired) electrons. The van der Waals surface area contributed by atoms with Crippen molar-refractivity contribution in [1.82, 2.24) is 14.7 Å². The Balaban J connectivity index is 1.50. The van der Waals surface area contributed by atoms with Crippen molar-refractivity contribution in [2.45, 2.75) is 200 Å². The summed E-state index contributed by atoms with van der Waals surface area (Å²) in [6.07, 6.45) is -5.85. The number of Topliss-reactive ketones (excluding diaryl/α,β-unsaturated/α-hetero) is 1. The number of carbonyl (C=O) groups excluding carboxylic acids is 2. The van der Waals surface area contributed by atoms with Crippen molar-refractivity contribution in [3.05, 3.63) is 53.9 Å². The SMILES string of the molecule is CC[C@H]1OC(=O)[C@H](C)[C@@H](O[C@H]2C[C@@](C)(OC)[C@@H](O)[C@H](C)O2)[C@H](C)[C@@H](O[C@@H]2O[C@H](C)C[C@H](N(C)Cc3ccnn3CCc3ccccc3)[C@H]2O)C(C)(C)C[C@@H](C)C(=O)[C@H](C)[C@@H](O)[C@]1(C)O. The summed E-state index contributed by atoms with van der Waals surface area (Å²) in [7, 11) is 3.49. The number of ketones is 1. The minimum Gasteiger partial charge on any atom is -0.459 e. The third-order valence-corrected chi connectivity index (χ3v) is 14.7. The van der Waals surface area contributed by atoms with Crippen LogP contribution in [0.5, 0.6) is 0 Å². The zero-order valence-corrected chi connectivity index (χ0v) is 40.5. The van der Waals surface area contributed by atoms with Crippen molar-refractivity contribution in [2.75, 3.05) is 14.2 Å². The Labute approximate surface area is 381 Å². The highest BCUT2D eigenvalue weighted by Crippen LogP contribution is 2.44. The summed E-state index contributed by atoms with van der Waals surface area (Å²) < 4.78 is 40.5. The number of nitrogens with zero attached hydrogens (tertiary/aromatic N) is 3. The normalized spacial score (nSPS) is 40.5. The maximum absolute atomic E-state index is 14.4. The lowest BCUT2D eigenvalue weighted by Crippen LogP contribution is -2.60. The molecule has 362 valence electrons. The van der Waals surface area contributed by atoms with Crippen LogP contribution in [-0.2, 0) is 57.5 Å². The molecule has 3 saturated heterocycles. The lowest BCUT2D eigenvalue weighted by molar-refractivity contribution is -0.313. The van der Waals surface area contributed by atoms with Crippen molar-refractivity contribution < 1.29 is 58.4 Å². The average Bonchev–Trinajstić information content (AvgIpc) is 3.70. The second-order valence-corrected chi connectivity index (χ2v) is 20.3. The van der Waals surface area contributed by atoms with Crippen LogP contribution >= 0.6 is 0 Å².